The summed E-state index contributed by atoms with van der Waals surface area (Å²) in [5, 5.41) is 4.24. The van der Waals surface area contributed by atoms with Crippen molar-refractivity contribution >= 4 is 5.91 Å². The van der Waals surface area contributed by atoms with Crippen LogP contribution in [0.25, 0.3) is 5.69 Å². The average molecular weight is 378 g/mol. The Morgan fingerprint density at radius 2 is 1.82 bits per heavy atom. The lowest BCUT2D eigenvalue weighted by Gasteiger charge is -2.34. The number of hydrogen-bond donors (Lipinski definition) is 0. The molecule has 0 radical (unpaired) electrons. The average Bonchev–Trinajstić information content (AvgIpc) is 3.26. The predicted molar refractivity (Wildman–Crippen MR) is 106 cm³/mol. The normalized spacial score (nSPS) is 15.0. The van der Waals surface area contributed by atoms with E-state index in [0.29, 0.717) is 24.2 Å². The Morgan fingerprint density at radius 3 is 2.46 bits per heavy atom. The SMILES string of the molecule is Cc1ccc(C(=O)N2CCN(Cc3ccc(-n4cccn4)cc3)CC2)cc1F. The molecule has 1 fully saturated rings. The van der Waals surface area contributed by atoms with Gasteiger partial charge in [0.1, 0.15) is 5.82 Å². The number of carbonyl (C=O) groups excluding carboxylic acids is 1. The number of rotatable bonds is 4. The van der Waals surface area contributed by atoms with Gasteiger partial charge in [-0.05, 0) is 48.4 Å². The Kier molecular flexibility index (Phi) is 5.21. The van der Waals surface area contributed by atoms with Crippen LogP contribution >= 0.6 is 0 Å². The van der Waals surface area contributed by atoms with Gasteiger partial charge in [-0.15, -0.1) is 0 Å². The van der Waals surface area contributed by atoms with Crippen molar-refractivity contribution in [2.75, 3.05) is 26.2 Å². The molecule has 144 valence electrons. The first-order valence-corrected chi connectivity index (χ1v) is 9.47. The van der Waals surface area contributed by atoms with Gasteiger partial charge in [-0.1, -0.05) is 18.2 Å². The number of piperazine rings is 1. The highest BCUT2D eigenvalue weighted by Gasteiger charge is 2.22. The molecule has 2 heterocycles. The van der Waals surface area contributed by atoms with E-state index in [2.05, 4.69) is 34.3 Å². The highest BCUT2D eigenvalue weighted by atomic mass is 19.1. The number of hydrogen-bond acceptors (Lipinski definition) is 3. The van der Waals surface area contributed by atoms with Crippen molar-refractivity contribution in [3.05, 3.63) is 83.4 Å². The topological polar surface area (TPSA) is 41.4 Å². The van der Waals surface area contributed by atoms with Crippen LogP contribution in [-0.2, 0) is 6.54 Å². The molecular formula is C22H23FN4O. The zero-order chi connectivity index (χ0) is 19.5. The van der Waals surface area contributed by atoms with E-state index < -0.39 is 0 Å². The van der Waals surface area contributed by atoms with Gasteiger partial charge >= 0.3 is 0 Å². The van der Waals surface area contributed by atoms with Gasteiger partial charge in [-0.2, -0.15) is 5.10 Å². The fourth-order valence-electron chi connectivity index (χ4n) is 3.45. The third-order valence-corrected chi connectivity index (χ3v) is 5.19. The lowest BCUT2D eigenvalue weighted by Crippen LogP contribution is -2.48. The fraction of sp³-hybridized carbons (Fsp3) is 0.273. The molecular weight excluding hydrogens is 355 g/mol. The molecule has 0 atom stereocenters. The van der Waals surface area contributed by atoms with E-state index in [9.17, 15) is 9.18 Å². The van der Waals surface area contributed by atoms with Crippen LogP contribution in [0.2, 0.25) is 0 Å². The number of benzene rings is 2. The Labute approximate surface area is 164 Å². The number of aryl methyl sites for hydroxylation is 1. The van der Waals surface area contributed by atoms with Crippen molar-refractivity contribution in [3.63, 3.8) is 0 Å². The Balaban J connectivity index is 1.32. The molecule has 2 aromatic carbocycles. The summed E-state index contributed by atoms with van der Waals surface area (Å²) in [4.78, 5) is 16.8. The lowest BCUT2D eigenvalue weighted by molar-refractivity contribution is 0.0628. The van der Waals surface area contributed by atoms with Crippen LogP contribution in [0.4, 0.5) is 4.39 Å². The smallest absolute Gasteiger partial charge is 0.254 e. The molecule has 0 unspecified atom stereocenters. The quantitative estimate of drug-likeness (QED) is 0.700. The maximum absolute atomic E-state index is 13.7. The van der Waals surface area contributed by atoms with Gasteiger partial charge < -0.3 is 4.90 Å². The molecule has 3 aromatic rings. The molecule has 1 amide bonds. The molecule has 1 aliphatic heterocycles. The molecule has 1 aromatic heterocycles. The molecule has 28 heavy (non-hydrogen) atoms. The zero-order valence-electron chi connectivity index (χ0n) is 15.9. The van der Waals surface area contributed by atoms with Crippen molar-refractivity contribution in [3.8, 4) is 5.69 Å². The molecule has 0 saturated carbocycles. The third-order valence-electron chi connectivity index (χ3n) is 5.19. The second kappa shape index (κ2) is 7.94. The Morgan fingerprint density at radius 1 is 1.07 bits per heavy atom. The predicted octanol–water partition coefficient (Wildman–Crippen LogP) is 3.28. The van der Waals surface area contributed by atoms with E-state index >= 15 is 0 Å². The van der Waals surface area contributed by atoms with E-state index in [4.69, 9.17) is 0 Å². The van der Waals surface area contributed by atoms with Crippen LogP contribution in [0, 0.1) is 12.7 Å². The number of halogens is 1. The highest BCUT2D eigenvalue weighted by Crippen LogP contribution is 2.15. The van der Waals surface area contributed by atoms with Crippen LogP contribution in [0.3, 0.4) is 0 Å². The van der Waals surface area contributed by atoms with Crippen molar-refractivity contribution in [2.45, 2.75) is 13.5 Å². The highest BCUT2D eigenvalue weighted by molar-refractivity contribution is 5.94. The maximum Gasteiger partial charge on any atom is 0.254 e. The summed E-state index contributed by atoms with van der Waals surface area (Å²) in [6, 6.07) is 15.0. The molecule has 0 aliphatic carbocycles. The maximum atomic E-state index is 13.7. The first-order chi connectivity index (χ1) is 13.6. The minimum absolute atomic E-state index is 0.0953. The second-order valence-corrected chi connectivity index (χ2v) is 7.15. The standard InChI is InChI=1S/C22H23FN4O/c1-17-3-6-19(15-21(17)23)22(28)26-13-11-25(12-14-26)16-18-4-7-20(8-5-18)27-10-2-9-24-27/h2-10,15H,11-14,16H2,1H3. The number of carbonyl (C=O) groups is 1. The molecule has 5 nitrogen and oxygen atoms in total. The van der Waals surface area contributed by atoms with Gasteiger partial charge in [0.05, 0.1) is 5.69 Å². The molecule has 1 aliphatic rings. The van der Waals surface area contributed by atoms with Gasteiger partial charge in [0.15, 0.2) is 0 Å². The van der Waals surface area contributed by atoms with E-state index in [0.717, 1.165) is 25.3 Å². The molecule has 6 heteroatoms. The van der Waals surface area contributed by atoms with Crippen LogP contribution in [0.5, 0.6) is 0 Å². The summed E-state index contributed by atoms with van der Waals surface area (Å²) in [7, 11) is 0. The molecule has 0 bridgehead atoms. The molecule has 1 saturated heterocycles. The fourth-order valence-corrected chi connectivity index (χ4v) is 3.45. The summed E-state index contributed by atoms with van der Waals surface area (Å²) in [6.45, 7) is 5.46. The summed E-state index contributed by atoms with van der Waals surface area (Å²) >= 11 is 0. The number of nitrogens with zero attached hydrogens (tertiary/aromatic N) is 4. The van der Waals surface area contributed by atoms with Crippen molar-refractivity contribution in [1.82, 2.24) is 19.6 Å². The van der Waals surface area contributed by atoms with Gasteiger partial charge in [-0.3, -0.25) is 9.69 Å². The molecule has 0 spiro atoms. The zero-order valence-corrected chi connectivity index (χ0v) is 15.9. The minimum atomic E-state index is -0.331. The summed E-state index contributed by atoms with van der Waals surface area (Å²) in [5.41, 5.74) is 3.25. The Bertz CT molecular complexity index is 945. The van der Waals surface area contributed by atoms with Gasteiger partial charge in [0, 0.05) is 50.7 Å². The first kappa shape index (κ1) is 18.4. The summed E-state index contributed by atoms with van der Waals surface area (Å²) in [5.74, 6) is -0.426. The Hall–Kier alpha value is -2.99. The number of aromatic nitrogens is 2. The summed E-state index contributed by atoms with van der Waals surface area (Å²) in [6.07, 6.45) is 3.69. The monoisotopic (exact) mass is 378 g/mol. The van der Waals surface area contributed by atoms with Crippen molar-refractivity contribution in [1.29, 1.82) is 0 Å². The largest absolute Gasteiger partial charge is 0.336 e. The van der Waals surface area contributed by atoms with Crippen molar-refractivity contribution < 1.29 is 9.18 Å². The van der Waals surface area contributed by atoms with E-state index in [1.807, 2.05) is 16.9 Å². The minimum Gasteiger partial charge on any atom is -0.336 e. The molecule has 0 N–H and O–H groups in total. The van der Waals surface area contributed by atoms with Crippen LogP contribution in [0.1, 0.15) is 21.5 Å². The van der Waals surface area contributed by atoms with E-state index in [-0.39, 0.29) is 11.7 Å². The first-order valence-electron chi connectivity index (χ1n) is 9.47. The van der Waals surface area contributed by atoms with Crippen molar-refractivity contribution in [2.24, 2.45) is 0 Å². The lowest BCUT2D eigenvalue weighted by atomic mass is 10.1. The van der Waals surface area contributed by atoms with Crippen LogP contribution in [-0.4, -0.2) is 51.7 Å². The summed E-state index contributed by atoms with van der Waals surface area (Å²) < 4.78 is 15.6. The molecule has 4 rings (SSSR count). The van der Waals surface area contributed by atoms with Gasteiger partial charge in [0.2, 0.25) is 0 Å². The van der Waals surface area contributed by atoms with Crippen LogP contribution < -0.4 is 0 Å². The van der Waals surface area contributed by atoms with Crippen LogP contribution in [0.15, 0.2) is 60.9 Å². The second-order valence-electron chi connectivity index (χ2n) is 7.15. The van der Waals surface area contributed by atoms with E-state index in [1.165, 1.54) is 11.6 Å². The number of amides is 1. The van der Waals surface area contributed by atoms with Gasteiger partial charge in [-0.25, -0.2) is 9.07 Å². The van der Waals surface area contributed by atoms with Gasteiger partial charge in [0.25, 0.3) is 5.91 Å². The third kappa shape index (κ3) is 3.97. The van der Waals surface area contributed by atoms with E-state index in [1.54, 1.807) is 30.2 Å².